The van der Waals surface area contributed by atoms with E-state index in [2.05, 4.69) is 10.6 Å². The Morgan fingerprint density at radius 1 is 1.24 bits per heavy atom. The molecule has 0 heterocycles. The van der Waals surface area contributed by atoms with Gasteiger partial charge in [0, 0.05) is 18.0 Å². The minimum atomic E-state index is -1.23. The molecule has 0 radical (unpaired) electrons. The number of carboxylic acid groups (broad SMARTS) is 1. The van der Waals surface area contributed by atoms with E-state index in [4.69, 9.17) is 16.7 Å². The van der Waals surface area contributed by atoms with Gasteiger partial charge in [-0.05, 0) is 25.5 Å². The van der Waals surface area contributed by atoms with Crippen molar-refractivity contribution in [3.8, 4) is 0 Å². The molecule has 3 N–H and O–H groups in total. The Hall–Kier alpha value is -2.08. The molecule has 0 spiro atoms. The Balaban J connectivity index is 2.46. The monoisotopic (exact) mass is 312 g/mol. The van der Waals surface area contributed by atoms with Gasteiger partial charge in [-0.15, -0.1) is 0 Å². The summed E-state index contributed by atoms with van der Waals surface area (Å²) in [6.45, 7) is 2.99. The lowest BCUT2D eigenvalue weighted by Crippen LogP contribution is -2.41. The molecule has 0 unspecified atom stereocenters. The number of halogens is 1. The number of carbonyl (C=O) groups excluding carboxylic acids is 2. The van der Waals surface area contributed by atoms with Gasteiger partial charge in [-0.2, -0.15) is 0 Å². The minimum Gasteiger partial charge on any atom is -0.481 e. The molecule has 6 nitrogen and oxygen atoms in total. The lowest BCUT2D eigenvalue weighted by molar-refractivity contribution is -0.149. The van der Waals surface area contributed by atoms with Gasteiger partial charge in [0.15, 0.2) is 0 Å². The van der Waals surface area contributed by atoms with E-state index in [1.54, 1.807) is 24.3 Å². The molecule has 1 rings (SSSR count). The Bertz CT molecular complexity index is 558. The number of hydrogen-bond acceptors (Lipinski definition) is 3. The van der Waals surface area contributed by atoms with Crippen LogP contribution in [0.1, 0.15) is 25.8 Å². The Kier molecular flexibility index (Phi) is 5.72. The number of nitrogens with one attached hydrogen (secondary N) is 2. The molecule has 0 atom stereocenters. The van der Waals surface area contributed by atoms with Gasteiger partial charge in [0.2, 0.25) is 5.91 Å². The second kappa shape index (κ2) is 7.08. The van der Waals surface area contributed by atoms with Crippen LogP contribution < -0.4 is 10.6 Å². The predicted octanol–water partition coefficient (Wildman–Crippen LogP) is 2.17. The maximum Gasteiger partial charge on any atom is 0.321 e. The van der Waals surface area contributed by atoms with Crippen molar-refractivity contribution < 1.29 is 19.5 Å². The van der Waals surface area contributed by atoms with E-state index in [0.29, 0.717) is 10.6 Å². The first-order chi connectivity index (χ1) is 9.72. The van der Waals surface area contributed by atoms with E-state index in [1.165, 1.54) is 13.8 Å². The van der Waals surface area contributed by atoms with E-state index >= 15 is 0 Å². The van der Waals surface area contributed by atoms with Crippen LogP contribution in [-0.4, -0.2) is 23.0 Å². The Labute approximate surface area is 127 Å². The van der Waals surface area contributed by atoms with Gasteiger partial charge >= 0.3 is 12.0 Å². The molecule has 0 aromatic heterocycles. The summed E-state index contributed by atoms with van der Waals surface area (Å²) in [6.07, 6.45) is -0.290. The summed E-state index contributed by atoms with van der Waals surface area (Å²) in [5, 5.41) is 14.0. The minimum absolute atomic E-state index is 0.168. The van der Waals surface area contributed by atoms with Gasteiger partial charge in [-0.3, -0.25) is 14.9 Å². The fraction of sp³-hybridized carbons (Fsp3) is 0.357. The zero-order valence-electron chi connectivity index (χ0n) is 11.8. The number of imide groups is 1. The highest BCUT2D eigenvalue weighted by Gasteiger charge is 2.30. The summed E-state index contributed by atoms with van der Waals surface area (Å²) in [6, 6.07) is 6.29. The van der Waals surface area contributed by atoms with Crippen LogP contribution in [0.2, 0.25) is 5.02 Å². The second-order valence-corrected chi connectivity index (χ2v) is 5.60. The number of benzene rings is 1. The molecule has 1 aromatic carbocycles. The number of carboxylic acids is 1. The first-order valence-corrected chi connectivity index (χ1v) is 6.64. The van der Waals surface area contributed by atoms with Gasteiger partial charge in [-0.1, -0.05) is 29.8 Å². The fourth-order valence-corrected chi connectivity index (χ4v) is 1.71. The van der Waals surface area contributed by atoms with Crippen molar-refractivity contribution in [3.63, 3.8) is 0 Å². The van der Waals surface area contributed by atoms with Gasteiger partial charge in [0.25, 0.3) is 0 Å². The zero-order valence-corrected chi connectivity index (χ0v) is 12.5. The quantitative estimate of drug-likeness (QED) is 0.776. The van der Waals surface area contributed by atoms with Crippen LogP contribution in [0, 0.1) is 5.41 Å². The van der Waals surface area contributed by atoms with Crippen molar-refractivity contribution in [1.82, 2.24) is 10.6 Å². The molecule has 1 aromatic rings. The summed E-state index contributed by atoms with van der Waals surface area (Å²) >= 11 is 5.93. The summed E-state index contributed by atoms with van der Waals surface area (Å²) in [5.41, 5.74) is -0.514. The van der Waals surface area contributed by atoms with Crippen LogP contribution in [0.5, 0.6) is 0 Å². The van der Waals surface area contributed by atoms with E-state index in [-0.39, 0.29) is 13.0 Å². The highest BCUT2D eigenvalue weighted by atomic mass is 35.5. The largest absolute Gasteiger partial charge is 0.481 e. The number of rotatable bonds is 5. The lowest BCUT2D eigenvalue weighted by Gasteiger charge is -2.17. The van der Waals surface area contributed by atoms with Gasteiger partial charge in [-0.25, -0.2) is 4.79 Å². The average Bonchev–Trinajstić information content (AvgIpc) is 2.36. The fourth-order valence-electron chi connectivity index (χ4n) is 1.51. The molecule has 3 amide bonds. The van der Waals surface area contributed by atoms with Crippen LogP contribution in [-0.2, 0) is 16.1 Å². The first-order valence-electron chi connectivity index (χ1n) is 6.27. The second-order valence-electron chi connectivity index (χ2n) is 5.19. The van der Waals surface area contributed by atoms with E-state index in [9.17, 15) is 14.4 Å². The molecule has 21 heavy (non-hydrogen) atoms. The van der Waals surface area contributed by atoms with Gasteiger partial charge in [0.05, 0.1) is 5.41 Å². The van der Waals surface area contributed by atoms with E-state index in [1.807, 2.05) is 0 Å². The molecule has 0 aliphatic rings. The predicted molar refractivity (Wildman–Crippen MR) is 77.9 cm³/mol. The highest BCUT2D eigenvalue weighted by Crippen LogP contribution is 2.20. The van der Waals surface area contributed by atoms with Crippen molar-refractivity contribution in [3.05, 3.63) is 34.9 Å². The van der Waals surface area contributed by atoms with Crippen molar-refractivity contribution in [2.24, 2.45) is 5.41 Å². The van der Waals surface area contributed by atoms with Crippen molar-refractivity contribution in [2.75, 3.05) is 0 Å². The molecule has 0 saturated carbocycles. The Morgan fingerprint density at radius 3 is 2.43 bits per heavy atom. The van der Waals surface area contributed by atoms with Crippen molar-refractivity contribution >= 4 is 29.5 Å². The molecular weight excluding hydrogens is 296 g/mol. The van der Waals surface area contributed by atoms with Crippen LogP contribution >= 0.6 is 11.6 Å². The number of hydrogen-bond donors (Lipinski definition) is 3. The molecule has 0 saturated heterocycles. The van der Waals surface area contributed by atoms with Crippen LogP contribution in [0.25, 0.3) is 0 Å². The third kappa shape index (κ3) is 5.43. The lowest BCUT2D eigenvalue weighted by atomic mass is 9.89. The maximum absolute atomic E-state index is 11.6. The van der Waals surface area contributed by atoms with Crippen molar-refractivity contribution in [1.29, 1.82) is 0 Å². The Morgan fingerprint density at radius 2 is 1.86 bits per heavy atom. The average molecular weight is 313 g/mol. The number of carbonyl (C=O) groups is 3. The van der Waals surface area contributed by atoms with Gasteiger partial charge < -0.3 is 10.4 Å². The topological polar surface area (TPSA) is 95.5 Å². The van der Waals surface area contributed by atoms with Crippen LogP contribution in [0.15, 0.2) is 24.3 Å². The molecule has 0 fully saturated rings. The molecule has 0 bridgehead atoms. The highest BCUT2D eigenvalue weighted by molar-refractivity contribution is 6.31. The SMILES string of the molecule is CC(C)(CC(=O)NC(=O)NCc1ccccc1Cl)C(=O)O. The molecule has 114 valence electrons. The van der Waals surface area contributed by atoms with Crippen LogP contribution in [0.4, 0.5) is 4.79 Å². The summed E-state index contributed by atoms with van der Waals surface area (Å²) in [4.78, 5) is 34.0. The van der Waals surface area contributed by atoms with Gasteiger partial charge in [0.1, 0.15) is 0 Å². The molecule has 0 aliphatic carbocycles. The summed E-state index contributed by atoms with van der Waals surface area (Å²) in [7, 11) is 0. The summed E-state index contributed by atoms with van der Waals surface area (Å²) < 4.78 is 0. The molecule has 7 heteroatoms. The zero-order chi connectivity index (χ0) is 16.0. The number of urea groups is 1. The normalized spacial score (nSPS) is 10.8. The number of amides is 3. The van der Waals surface area contributed by atoms with Crippen molar-refractivity contribution in [2.45, 2.75) is 26.8 Å². The molecule has 0 aliphatic heterocycles. The third-order valence-electron chi connectivity index (χ3n) is 2.83. The van der Waals surface area contributed by atoms with E-state index in [0.717, 1.165) is 0 Å². The first kappa shape index (κ1) is 17.0. The maximum atomic E-state index is 11.6. The van der Waals surface area contributed by atoms with E-state index < -0.39 is 23.3 Å². The smallest absolute Gasteiger partial charge is 0.321 e. The standard InChI is InChI=1S/C14H17ClN2O4/c1-14(2,12(19)20)7-11(18)17-13(21)16-8-9-5-3-4-6-10(9)15/h3-6H,7-8H2,1-2H3,(H,19,20)(H2,16,17,18,21). The summed E-state index contributed by atoms with van der Waals surface area (Å²) in [5.74, 6) is -1.76. The molecular formula is C14H17ClN2O4. The van der Waals surface area contributed by atoms with Crippen LogP contribution in [0.3, 0.4) is 0 Å². The third-order valence-corrected chi connectivity index (χ3v) is 3.20. The number of aliphatic carboxylic acids is 1.